The van der Waals surface area contributed by atoms with E-state index in [0.29, 0.717) is 6.54 Å². The van der Waals surface area contributed by atoms with Gasteiger partial charge in [-0.3, -0.25) is 5.50 Å². The van der Waals surface area contributed by atoms with Gasteiger partial charge in [0.15, 0.2) is 0 Å². The molecule has 0 saturated carbocycles. The van der Waals surface area contributed by atoms with Crippen molar-refractivity contribution in [2.75, 3.05) is 0 Å². The van der Waals surface area contributed by atoms with E-state index in [-0.39, 0.29) is 14.7 Å². The predicted octanol–water partition coefficient (Wildman–Crippen LogP) is 2.24. The van der Waals surface area contributed by atoms with Crippen LogP contribution < -0.4 is 10.8 Å². The van der Waals surface area contributed by atoms with Crippen molar-refractivity contribution in [2.45, 2.75) is 6.54 Å². The third kappa shape index (κ3) is 2.70. The fourth-order valence-electron chi connectivity index (χ4n) is 1.77. The Morgan fingerprint density at radius 1 is 1.28 bits per heavy atom. The highest BCUT2D eigenvalue weighted by Crippen LogP contribution is 2.26. The van der Waals surface area contributed by atoms with E-state index in [0.717, 1.165) is 16.3 Å². The number of phenolic OH excluding ortho intramolecular Hbond substituents is 1. The number of rotatable bonds is 3. The van der Waals surface area contributed by atoms with Crippen LogP contribution in [0.2, 0.25) is 0 Å². The number of aromatic hydroxyl groups is 1. The van der Waals surface area contributed by atoms with Gasteiger partial charge in [0.05, 0.1) is 0 Å². The van der Waals surface area contributed by atoms with Gasteiger partial charge in [-0.1, -0.05) is 30.3 Å². The quantitative estimate of drug-likeness (QED) is 0.742. The van der Waals surface area contributed by atoms with Crippen LogP contribution >= 0.6 is 8.96 Å². The number of benzene rings is 2. The normalized spacial score (nSPS) is 10.9. The van der Waals surface area contributed by atoms with Crippen molar-refractivity contribution in [3.63, 3.8) is 0 Å². The Morgan fingerprint density at radius 3 is 2.78 bits per heavy atom. The standard InChI is InChI=1S/C12H13N2O3P/c13-18-17-12(16)14-7-8-3-1-5-10-9(8)4-2-6-11(10)15/h1-6,15,18H,7,13H2,(H,14,16). The molecule has 0 aliphatic rings. The van der Waals surface area contributed by atoms with Crippen LogP contribution in [0.5, 0.6) is 5.75 Å². The Bertz CT molecular complexity index is 574. The number of phenols is 1. The molecule has 0 bridgehead atoms. The van der Waals surface area contributed by atoms with E-state index in [4.69, 9.17) is 5.50 Å². The van der Waals surface area contributed by atoms with Gasteiger partial charge in [0.1, 0.15) is 14.7 Å². The smallest absolute Gasteiger partial charge is 0.411 e. The maximum atomic E-state index is 11.2. The van der Waals surface area contributed by atoms with Gasteiger partial charge in [-0.05, 0) is 17.0 Å². The SMILES string of the molecule is NPOC(=O)NCc1cccc2c(O)cccc12. The minimum absolute atomic E-state index is 0.223. The fraction of sp³-hybridized carbons (Fsp3) is 0.0833. The van der Waals surface area contributed by atoms with Gasteiger partial charge >= 0.3 is 6.09 Å². The molecule has 2 aromatic carbocycles. The third-order valence-electron chi connectivity index (χ3n) is 2.56. The van der Waals surface area contributed by atoms with Gasteiger partial charge in [0, 0.05) is 11.9 Å². The number of nitrogens with two attached hydrogens (primary N) is 1. The van der Waals surface area contributed by atoms with Crippen molar-refractivity contribution in [3.8, 4) is 5.75 Å². The minimum Gasteiger partial charge on any atom is -0.507 e. The second-order valence-corrected chi connectivity index (χ2v) is 4.09. The van der Waals surface area contributed by atoms with Crippen LogP contribution in [0, 0.1) is 0 Å². The molecule has 4 N–H and O–H groups in total. The minimum atomic E-state index is -0.548. The van der Waals surface area contributed by atoms with E-state index in [1.165, 1.54) is 0 Å². The lowest BCUT2D eigenvalue weighted by Crippen LogP contribution is -2.21. The molecule has 1 unspecified atom stereocenters. The Kier molecular flexibility index (Phi) is 3.97. The van der Waals surface area contributed by atoms with Crippen molar-refractivity contribution >= 4 is 25.8 Å². The second-order valence-electron chi connectivity index (χ2n) is 3.65. The lowest BCUT2D eigenvalue weighted by atomic mass is 10.0. The largest absolute Gasteiger partial charge is 0.507 e. The molecule has 0 spiro atoms. The van der Waals surface area contributed by atoms with Crippen molar-refractivity contribution in [1.82, 2.24) is 5.32 Å². The average molecular weight is 264 g/mol. The molecule has 0 fully saturated rings. The number of carbonyl (C=O) groups is 1. The van der Waals surface area contributed by atoms with Crippen LogP contribution in [0.4, 0.5) is 4.79 Å². The first-order chi connectivity index (χ1) is 8.72. The van der Waals surface area contributed by atoms with E-state index >= 15 is 0 Å². The summed E-state index contributed by atoms with van der Waals surface area (Å²) < 4.78 is 4.61. The molecule has 0 radical (unpaired) electrons. The van der Waals surface area contributed by atoms with Crippen molar-refractivity contribution in [2.24, 2.45) is 5.50 Å². The lowest BCUT2D eigenvalue weighted by molar-refractivity contribution is 0.206. The zero-order valence-corrected chi connectivity index (χ0v) is 10.5. The zero-order chi connectivity index (χ0) is 13.0. The summed E-state index contributed by atoms with van der Waals surface area (Å²) in [4.78, 5) is 11.2. The van der Waals surface area contributed by atoms with Gasteiger partial charge in [0.25, 0.3) is 0 Å². The van der Waals surface area contributed by atoms with Gasteiger partial charge in [0.2, 0.25) is 0 Å². The number of carbonyl (C=O) groups excluding carboxylic acids is 1. The van der Waals surface area contributed by atoms with Gasteiger partial charge < -0.3 is 14.9 Å². The highest BCUT2D eigenvalue weighted by Gasteiger charge is 2.06. The molecular weight excluding hydrogens is 251 g/mol. The summed E-state index contributed by atoms with van der Waals surface area (Å²) >= 11 is 0. The molecule has 0 aliphatic heterocycles. The fourth-order valence-corrected chi connectivity index (χ4v) is 1.95. The van der Waals surface area contributed by atoms with Gasteiger partial charge in [-0.2, -0.15) is 0 Å². The molecule has 2 rings (SSSR count). The van der Waals surface area contributed by atoms with Crippen LogP contribution in [0.3, 0.4) is 0 Å². The molecule has 0 saturated heterocycles. The molecule has 1 atom stereocenters. The summed E-state index contributed by atoms with van der Waals surface area (Å²) in [6.07, 6.45) is -0.548. The summed E-state index contributed by atoms with van der Waals surface area (Å²) in [5.74, 6) is 0.223. The first-order valence-corrected chi connectivity index (χ1v) is 6.31. The number of amides is 1. The van der Waals surface area contributed by atoms with E-state index in [2.05, 4.69) is 9.84 Å². The Hall–Kier alpha value is -1.84. The van der Waals surface area contributed by atoms with Crippen molar-refractivity contribution < 1.29 is 14.4 Å². The number of nitrogens with one attached hydrogen (secondary N) is 1. The number of fused-ring (bicyclic) bond motifs is 1. The van der Waals surface area contributed by atoms with Gasteiger partial charge in [-0.25, -0.2) is 4.79 Å². The topological polar surface area (TPSA) is 84.6 Å². The Balaban J connectivity index is 2.23. The summed E-state index contributed by atoms with van der Waals surface area (Å²) in [5.41, 5.74) is 6.02. The molecule has 0 aromatic heterocycles. The maximum Gasteiger partial charge on any atom is 0.411 e. The van der Waals surface area contributed by atoms with Gasteiger partial charge in [-0.15, -0.1) is 0 Å². The zero-order valence-electron chi connectivity index (χ0n) is 9.51. The van der Waals surface area contributed by atoms with Crippen LogP contribution in [0.1, 0.15) is 5.56 Å². The van der Waals surface area contributed by atoms with Crippen molar-refractivity contribution in [3.05, 3.63) is 42.0 Å². The van der Waals surface area contributed by atoms with Crippen LogP contribution in [-0.2, 0) is 11.1 Å². The highest BCUT2D eigenvalue weighted by molar-refractivity contribution is 7.29. The average Bonchev–Trinajstić information content (AvgIpc) is 2.37. The Morgan fingerprint density at radius 2 is 2.00 bits per heavy atom. The monoisotopic (exact) mass is 264 g/mol. The highest BCUT2D eigenvalue weighted by atomic mass is 31.1. The van der Waals surface area contributed by atoms with Crippen LogP contribution in [-0.4, -0.2) is 11.2 Å². The van der Waals surface area contributed by atoms with E-state index in [1.807, 2.05) is 24.3 Å². The lowest BCUT2D eigenvalue weighted by Gasteiger charge is -2.08. The third-order valence-corrected chi connectivity index (χ3v) is 2.87. The molecule has 6 heteroatoms. The maximum absolute atomic E-state index is 11.2. The summed E-state index contributed by atoms with van der Waals surface area (Å²) in [6, 6.07) is 10.8. The molecule has 1 amide bonds. The Labute approximate surface area is 106 Å². The first kappa shape index (κ1) is 12.6. The molecular formula is C12H13N2O3P. The molecule has 0 heterocycles. The van der Waals surface area contributed by atoms with E-state index < -0.39 is 6.09 Å². The molecule has 18 heavy (non-hydrogen) atoms. The molecule has 94 valence electrons. The number of hydrogen-bond donors (Lipinski definition) is 3. The predicted molar refractivity (Wildman–Crippen MR) is 71.4 cm³/mol. The van der Waals surface area contributed by atoms with E-state index in [9.17, 15) is 9.90 Å². The summed E-state index contributed by atoms with van der Waals surface area (Å²) in [7, 11) is -0.367. The number of hydrogen-bond acceptors (Lipinski definition) is 4. The second kappa shape index (κ2) is 5.67. The molecule has 5 nitrogen and oxygen atoms in total. The summed E-state index contributed by atoms with van der Waals surface area (Å²) in [5, 5.41) is 14.0. The van der Waals surface area contributed by atoms with Crippen LogP contribution in [0.15, 0.2) is 36.4 Å². The van der Waals surface area contributed by atoms with Crippen molar-refractivity contribution in [1.29, 1.82) is 0 Å². The molecule has 2 aromatic rings. The first-order valence-electron chi connectivity index (χ1n) is 5.32. The molecule has 0 aliphatic carbocycles. The summed E-state index contributed by atoms with van der Waals surface area (Å²) in [6.45, 7) is 0.324. The van der Waals surface area contributed by atoms with Crippen LogP contribution in [0.25, 0.3) is 10.8 Å². The van der Waals surface area contributed by atoms with E-state index in [1.54, 1.807) is 12.1 Å².